The Morgan fingerprint density at radius 3 is 2.08 bits per heavy atom. The van der Waals surface area contributed by atoms with Crippen LogP contribution in [0.25, 0.3) is 0 Å². The molecule has 3 aliphatic heterocycles. The number of halogens is 3. The van der Waals surface area contributed by atoms with Gasteiger partial charge >= 0.3 is 18.2 Å². The number of alkyl halides is 3. The Morgan fingerprint density at radius 1 is 1.03 bits per heavy atom. The summed E-state index contributed by atoms with van der Waals surface area (Å²) in [6.45, 7) is 12.6. The predicted octanol–water partition coefficient (Wildman–Crippen LogP) is 4.35. The minimum atomic E-state index is -5.08. The number of benzene rings is 1. The third-order valence-electron chi connectivity index (χ3n) is 8.20. The number of carbonyl (C=O) groups excluding carboxylic acids is 2. The maximum atomic E-state index is 13.6. The van der Waals surface area contributed by atoms with Crippen LogP contribution in [-0.2, 0) is 16.1 Å². The molecular formula is C28H41F3N4O4. The molecule has 0 aliphatic carbocycles. The average Bonchev–Trinajstić information content (AvgIpc) is 3.10. The highest BCUT2D eigenvalue weighted by Gasteiger charge is 2.59. The smallest absolute Gasteiger partial charge is 0.475 e. The van der Waals surface area contributed by atoms with Gasteiger partial charge in [-0.15, -0.1) is 0 Å². The number of piperidine rings is 2. The molecule has 0 aromatic heterocycles. The van der Waals surface area contributed by atoms with E-state index < -0.39 is 12.1 Å². The molecule has 1 aromatic carbocycles. The predicted molar refractivity (Wildman–Crippen MR) is 141 cm³/mol. The van der Waals surface area contributed by atoms with Crippen LogP contribution in [0, 0.1) is 11.3 Å². The number of aliphatic carboxylic acids is 1. The van der Waals surface area contributed by atoms with Crippen molar-refractivity contribution in [3.63, 3.8) is 0 Å². The Hall–Kier alpha value is -2.82. The first-order valence-electron chi connectivity index (χ1n) is 13.7. The Bertz CT molecular complexity index is 986. The van der Waals surface area contributed by atoms with E-state index in [0.717, 1.165) is 76.9 Å². The fourth-order valence-electron chi connectivity index (χ4n) is 6.31. The number of amides is 3. The minimum absolute atomic E-state index is 0.00721. The van der Waals surface area contributed by atoms with E-state index in [1.54, 1.807) is 0 Å². The number of nitrogens with zero attached hydrogens (tertiary/aromatic N) is 3. The molecule has 0 saturated carbocycles. The van der Waals surface area contributed by atoms with E-state index in [-0.39, 0.29) is 17.0 Å². The molecular weight excluding hydrogens is 513 g/mol. The zero-order chi connectivity index (χ0) is 28.8. The van der Waals surface area contributed by atoms with Crippen LogP contribution in [0.2, 0.25) is 0 Å². The van der Waals surface area contributed by atoms with E-state index in [2.05, 4.69) is 35.9 Å². The molecule has 0 bridgehead atoms. The lowest BCUT2D eigenvalue weighted by Crippen LogP contribution is -2.55. The second-order valence-electron chi connectivity index (χ2n) is 11.4. The molecule has 3 amide bonds. The zero-order valence-electron chi connectivity index (χ0n) is 23.1. The third kappa shape index (κ3) is 7.43. The van der Waals surface area contributed by atoms with Gasteiger partial charge in [-0.1, -0.05) is 44.2 Å². The Labute approximate surface area is 228 Å². The monoisotopic (exact) mass is 554 g/mol. The van der Waals surface area contributed by atoms with Crippen molar-refractivity contribution in [2.45, 2.75) is 71.1 Å². The van der Waals surface area contributed by atoms with Gasteiger partial charge < -0.3 is 25.1 Å². The van der Waals surface area contributed by atoms with Crippen LogP contribution in [0.15, 0.2) is 30.3 Å². The highest BCUT2D eigenvalue weighted by molar-refractivity contribution is 5.86. The van der Waals surface area contributed by atoms with Gasteiger partial charge in [0.05, 0.1) is 5.41 Å². The van der Waals surface area contributed by atoms with Crippen molar-refractivity contribution in [3.8, 4) is 0 Å². The second kappa shape index (κ2) is 12.6. The lowest BCUT2D eigenvalue weighted by molar-refractivity contribution is -0.192. The molecule has 11 heteroatoms. The number of urea groups is 1. The topological polar surface area (TPSA) is 93.2 Å². The van der Waals surface area contributed by atoms with Gasteiger partial charge in [0.1, 0.15) is 0 Å². The number of rotatable bonds is 5. The van der Waals surface area contributed by atoms with E-state index in [1.807, 2.05) is 35.2 Å². The molecule has 3 saturated heterocycles. The van der Waals surface area contributed by atoms with Gasteiger partial charge in [0, 0.05) is 38.3 Å². The molecule has 1 aromatic rings. The molecule has 39 heavy (non-hydrogen) atoms. The number of hydrogen-bond acceptors (Lipinski definition) is 4. The standard InChI is InChI=1S/C26H40N4O2.C2HF3O2/c1-4-30-23(31)25(10-14-28(15-11-25)19-21(2)3)20-26(30)12-16-29(17-13-26)24(32)27-18-22-8-6-5-7-9-22;3-2(4,5)1(6)7/h5-9,21H,4,10-20H2,1-3H3,(H,27,32);(H,6,7). The third-order valence-corrected chi connectivity index (χ3v) is 8.20. The SMILES string of the molecule is CCN1C(=O)C2(CCN(CC(C)C)CC2)CC12CCN(C(=O)NCc1ccccc1)CC2.O=C(O)C(F)(F)F. The molecule has 2 spiro atoms. The summed E-state index contributed by atoms with van der Waals surface area (Å²) in [7, 11) is 0. The molecule has 2 N–H and O–H groups in total. The van der Waals surface area contributed by atoms with Crippen molar-refractivity contribution in [1.82, 2.24) is 20.0 Å². The summed E-state index contributed by atoms with van der Waals surface area (Å²) in [5.41, 5.74) is 0.863. The first kappa shape index (κ1) is 30.7. The lowest BCUT2D eigenvalue weighted by Gasteiger charge is -2.45. The van der Waals surface area contributed by atoms with Crippen molar-refractivity contribution in [2.75, 3.05) is 39.3 Å². The van der Waals surface area contributed by atoms with Gasteiger partial charge in [-0.25, -0.2) is 9.59 Å². The average molecular weight is 555 g/mol. The second-order valence-corrected chi connectivity index (χ2v) is 11.4. The minimum Gasteiger partial charge on any atom is -0.475 e. The van der Waals surface area contributed by atoms with Crippen LogP contribution >= 0.6 is 0 Å². The molecule has 0 unspecified atom stereocenters. The first-order valence-corrected chi connectivity index (χ1v) is 13.7. The largest absolute Gasteiger partial charge is 0.490 e. The molecule has 218 valence electrons. The Morgan fingerprint density at radius 2 is 1.59 bits per heavy atom. The fourth-order valence-corrected chi connectivity index (χ4v) is 6.31. The number of hydrogen-bond donors (Lipinski definition) is 2. The molecule has 4 rings (SSSR count). The van der Waals surface area contributed by atoms with E-state index in [9.17, 15) is 22.8 Å². The maximum absolute atomic E-state index is 13.6. The lowest BCUT2D eigenvalue weighted by atomic mass is 9.71. The van der Waals surface area contributed by atoms with Gasteiger partial charge in [-0.05, 0) is 63.6 Å². The van der Waals surface area contributed by atoms with Crippen LogP contribution in [0.3, 0.4) is 0 Å². The van der Waals surface area contributed by atoms with Crippen molar-refractivity contribution in [2.24, 2.45) is 11.3 Å². The Kier molecular flexibility index (Phi) is 9.90. The summed E-state index contributed by atoms with van der Waals surface area (Å²) in [4.78, 5) is 41.9. The van der Waals surface area contributed by atoms with E-state index >= 15 is 0 Å². The molecule has 8 nitrogen and oxygen atoms in total. The molecule has 0 atom stereocenters. The molecule has 3 aliphatic rings. The number of likely N-dealkylation sites (tertiary alicyclic amines) is 3. The Balaban J connectivity index is 0.000000532. The summed E-state index contributed by atoms with van der Waals surface area (Å²) in [5, 5.41) is 10.2. The molecule has 3 heterocycles. The van der Waals surface area contributed by atoms with Crippen molar-refractivity contribution < 1.29 is 32.7 Å². The van der Waals surface area contributed by atoms with Gasteiger partial charge in [-0.2, -0.15) is 13.2 Å². The number of carbonyl (C=O) groups is 3. The summed E-state index contributed by atoms with van der Waals surface area (Å²) in [6, 6.07) is 10.0. The van der Waals surface area contributed by atoms with E-state index in [1.165, 1.54) is 0 Å². The van der Waals surface area contributed by atoms with Crippen LogP contribution in [-0.4, -0.2) is 88.7 Å². The number of nitrogens with one attached hydrogen (secondary N) is 1. The van der Waals surface area contributed by atoms with E-state index in [0.29, 0.717) is 18.4 Å². The van der Waals surface area contributed by atoms with Crippen molar-refractivity contribution in [1.29, 1.82) is 0 Å². The van der Waals surface area contributed by atoms with Gasteiger partial charge in [0.15, 0.2) is 0 Å². The molecule has 0 radical (unpaired) electrons. The van der Waals surface area contributed by atoms with Gasteiger partial charge in [0.2, 0.25) is 5.91 Å². The van der Waals surface area contributed by atoms with Gasteiger partial charge in [0.25, 0.3) is 0 Å². The molecule has 3 fully saturated rings. The van der Waals surface area contributed by atoms with Crippen LogP contribution in [0.1, 0.15) is 58.4 Å². The summed E-state index contributed by atoms with van der Waals surface area (Å²) >= 11 is 0. The number of carboxylic acids is 1. The fraction of sp³-hybridized carbons (Fsp3) is 0.679. The first-order chi connectivity index (χ1) is 18.3. The van der Waals surface area contributed by atoms with Crippen LogP contribution in [0.5, 0.6) is 0 Å². The summed E-state index contributed by atoms with van der Waals surface area (Å²) < 4.78 is 31.7. The van der Waals surface area contributed by atoms with Crippen LogP contribution in [0.4, 0.5) is 18.0 Å². The number of carboxylic acid groups (broad SMARTS) is 1. The highest BCUT2D eigenvalue weighted by atomic mass is 19.4. The van der Waals surface area contributed by atoms with Crippen molar-refractivity contribution in [3.05, 3.63) is 35.9 Å². The summed E-state index contributed by atoms with van der Waals surface area (Å²) in [6.07, 6.45) is -0.358. The highest BCUT2D eigenvalue weighted by Crippen LogP contribution is 2.52. The quantitative estimate of drug-likeness (QED) is 0.565. The van der Waals surface area contributed by atoms with Gasteiger partial charge in [-0.3, -0.25) is 4.79 Å². The normalized spacial score (nSPS) is 20.7. The van der Waals surface area contributed by atoms with E-state index in [4.69, 9.17) is 9.90 Å². The van der Waals surface area contributed by atoms with Crippen LogP contribution < -0.4 is 5.32 Å². The summed E-state index contributed by atoms with van der Waals surface area (Å²) in [5.74, 6) is -1.71. The van der Waals surface area contributed by atoms with Crippen molar-refractivity contribution >= 4 is 17.9 Å². The zero-order valence-corrected chi connectivity index (χ0v) is 23.1. The maximum Gasteiger partial charge on any atom is 0.490 e.